The van der Waals surface area contributed by atoms with E-state index in [9.17, 15) is 9.59 Å². The number of carbonyl (C=O) groups excluding carboxylic acids is 2. The first-order valence-electron chi connectivity index (χ1n) is 10.0. The number of fused-ring (bicyclic) bond motifs is 3. The second-order valence-corrected chi connectivity index (χ2v) is 7.89. The lowest BCUT2D eigenvalue weighted by atomic mass is 9.84. The third kappa shape index (κ3) is 4.56. The maximum atomic E-state index is 12.8. The quantitative estimate of drug-likeness (QED) is 0.815. The summed E-state index contributed by atoms with van der Waals surface area (Å²) in [6.07, 6.45) is 5.47. The van der Waals surface area contributed by atoms with Crippen molar-refractivity contribution in [2.24, 2.45) is 5.92 Å². The number of rotatable bonds is 5. The number of aromatic nitrogens is 1. The molecule has 0 aliphatic carbocycles. The molecule has 2 amide bonds. The molecule has 7 nitrogen and oxygen atoms in total. The Bertz CT molecular complexity index is 922. The number of ether oxygens (including phenoxy) is 1. The van der Waals surface area contributed by atoms with Gasteiger partial charge in [0.2, 0.25) is 5.91 Å². The molecule has 1 aromatic heterocycles. The van der Waals surface area contributed by atoms with Crippen LogP contribution < -0.4 is 15.4 Å². The van der Waals surface area contributed by atoms with E-state index in [1.165, 1.54) is 19.8 Å². The fraction of sp³-hybridized carbons (Fsp3) is 0.409. The Labute approximate surface area is 170 Å². The minimum absolute atomic E-state index is 0.0258. The number of pyridine rings is 1. The van der Waals surface area contributed by atoms with Gasteiger partial charge >= 0.3 is 0 Å². The largest absolute Gasteiger partial charge is 0.456 e. The number of carbonyl (C=O) groups is 2. The number of nitrogens with one attached hydrogen (secondary N) is 2. The van der Waals surface area contributed by atoms with Gasteiger partial charge in [0.25, 0.3) is 5.91 Å². The SMILES string of the molecule is CC(=O)Nc1cncc(Oc2ccc(C(=O)NC3CN4CCC3CC4)c(C)c2)c1. The van der Waals surface area contributed by atoms with E-state index in [0.29, 0.717) is 28.7 Å². The van der Waals surface area contributed by atoms with E-state index >= 15 is 0 Å². The van der Waals surface area contributed by atoms with Gasteiger partial charge < -0.3 is 20.3 Å². The molecule has 152 valence electrons. The number of aryl methyl sites for hydroxylation is 1. The van der Waals surface area contributed by atoms with Crippen LogP contribution >= 0.6 is 0 Å². The normalized spacial score (nSPS) is 22.8. The molecule has 0 spiro atoms. The number of nitrogens with zero attached hydrogens (tertiary/aromatic N) is 2. The smallest absolute Gasteiger partial charge is 0.251 e. The van der Waals surface area contributed by atoms with Crippen molar-refractivity contribution in [3.63, 3.8) is 0 Å². The van der Waals surface area contributed by atoms with E-state index in [4.69, 9.17) is 4.74 Å². The van der Waals surface area contributed by atoms with Crippen molar-refractivity contribution in [3.8, 4) is 11.5 Å². The van der Waals surface area contributed by atoms with Gasteiger partial charge in [0.05, 0.1) is 18.1 Å². The average Bonchev–Trinajstić information content (AvgIpc) is 2.68. The molecule has 0 radical (unpaired) electrons. The standard InChI is InChI=1S/C22H26N4O3/c1-14-9-18(29-19-10-17(11-23-12-19)24-15(2)27)3-4-20(14)22(28)25-21-13-26-7-5-16(21)6-8-26/h3-4,9-12,16,21H,5-8,13H2,1-2H3,(H,24,27)(H,25,28). The van der Waals surface area contributed by atoms with Crippen LogP contribution in [0.25, 0.3) is 0 Å². The number of anilines is 1. The number of amides is 2. The number of benzene rings is 1. The highest BCUT2D eigenvalue weighted by atomic mass is 16.5. The second-order valence-electron chi connectivity index (χ2n) is 7.89. The van der Waals surface area contributed by atoms with Crippen LogP contribution in [0.1, 0.15) is 35.7 Å². The Kier molecular flexibility index (Phi) is 5.49. The fourth-order valence-corrected chi connectivity index (χ4v) is 4.21. The molecule has 3 fully saturated rings. The molecule has 2 N–H and O–H groups in total. The van der Waals surface area contributed by atoms with Crippen molar-refractivity contribution in [3.05, 3.63) is 47.8 Å². The van der Waals surface area contributed by atoms with Gasteiger partial charge in [-0.15, -0.1) is 0 Å². The van der Waals surface area contributed by atoms with Crippen LogP contribution in [0.4, 0.5) is 5.69 Å². The van der Waals surface area contributed by atoms with Crippen LogP contribution in [-0.4, -0.2) is 47.4 Å². The molecule has 3 aliphatic rings. The summed E-state index contributed by atoms with van der Waals surface area (Å²) in [6, 6.07) is 7.37. The summed E-state index contributed by atoms with van der Waals surface area (Å²) in [5, 5.41) is 5.91. The van der Waals surface area contributed by atoms with E-state index in [2.05, 4.69) is 20.5 Å². The fourth-order valence-electron chi connectivity index (χ4n) is 4.21. The molecule has 3 saturated heterocycles. The number of piperidine rings is 3. The molecule has 2 bridgehead atoms. The Morgan fingerprint density at radius 2 is 1.93 bits per heavy atom. The molecule has 1 atom stereocenters. The van der Waals surface area contributed by atoms with Crippen molar-refractivity contribution >= 4 is 17.5 Å². The summed E-state index contributed by atoms with van der Waals surface area (Å²) >= 11 is 0. The van der Waals surface area contributed by atoms with Crippen molar-refractivity contribution in [1.82, 2.24) is 15.2 Å². The average molecular weight is 394 g/mol. The van der Waals surface area contributed by atoms with Crippen LogP contribution in [0, 0.1) is 12.8 Å². The van der Waals surface area contributed by atoms with Gasteiger partial charge in [0, 0.05) is 31.1 Å². The third-order valence-corrected chi connectivity index (χ3v) is 5.68. The highest BCUT2D eigenvalue weighted by Crippen LogP contribution is 2.29. The van der Waals surface area contributed by atoms with E-state index < -0.39 is 0 Å². The lowest BCUT2D eigenvalue weighted by Gasteiger charge is -2.45. The highest BCUT2D eigenvalue weighted by molar-refractivity contribution is 5.96. The molecule has 3 aliphatic heterocycles. The van der Waals surface area contributed by atoms with Crippen LogP contribution in [0.3, 0.4) is 0 Å². The molecule has 4 heterocycles. The first kappa shape index (κ1) is 19.4. The van der Waals surface area contributed by atoms with Crippen LogP contribution in [0.5, 0.6) is 11.5 Å². The number of hydrogen-bond acceptors (Lipinski definition) is 5. The van der Waals surface area contributed by atoms with Gasteiger partial charge in [-0.25, -0.2) is 0 Å². The summed E-state index contributed by atoms with van der Waals surface area (Å²) in [5.74, 6) is 1.53. The minimum atomic E-state index is -0.168. The zero-order valence-electron chi connectivity index (χ0n) is 16.8. The van der Waals surface area contributed by atoms with E-state index in [0.717, 1.165) is 25.2 Å². The van der Waals surface area contributed by atoms with E-state index in [-0.39, 0.29) is 17.9 Å². The predicted molar refractivity (Wildman–Crippen MR) is 110 cm³/mol. The zero-order chi connectivity index (χ0) is 20.4. The third-order valence-electron chi connectivity index (χ3n) is 5.68. The molecule has 2 aromatic rings. The van der Waals surface area contributed by atoms with Gasteiger partial charge in [0.1, 0.15) is 11.5 Å². The summed E-state index contributed by atoms with van der Waals surface area (Å²) in [6.45, 7) is 6.61. The van der Waals surface area contributed by atoms with Crippen molar-refractivity contribution in [2.45, 2.75) is 32.7 Å². The Morgan fingerprint density at radius 1 is 1.14 bits per heavy atom. The Morgan fingerprint density at radius 3 is 2.59 bits per heavy atom. The minimum Gasteiger partial charge on any atom is -0.456 e. The van der Waals surface area contributed by atoms with Gasteiger partial charge in [-0.3, -0.25) is 14.6 Å². The van der Waals surface area contributed by atoms with Crippen LogP contribution in [0.15, 0.2) is 36.7 Å². The maximum absolute atomic E-state index is 12.8. The molecule has 5 rings (SSSR count). The second kappa shape index (κ2) is 8.21. The lowest BCUT2D eigenvalue weighted by molar-refractivity contribution is -0.114. The Balaban J connectivity index is 1.42. The molecule has 7 heteroatoms. The van der Waals surface area contributed by atoms with Crippen molar-refractivity contribution in [2.75, 3.05) is 25.0 Å². The Hall–Kier alpha value is -2.93. The first-order valence-corrected chi connectivity index (χ1v) is 10.0. The summed E-state index contributed by atoms with van der Waals surface area (Å²) in [7, 11) is 0. The molecule has 1 unspecified atom stereocenters. The van der Waals surface area contributed by atoms with Gasteiger partial charge in [-0.05, 0) is 62.5 Å². The number of hydrogen-bond donors (Lipinski definition) is 2. The highest BCUT2D eigenvalue weighted by Gasteiger charge is 2.35. The van der Waals surface area contributed by atoms with E-state index in [1.807, 2.05) is 13.0 Å². The van der Waals surface area contributed by atoms with Crippen LogP contribution in [-0.2, 0) is 4.79 Å². The molecular formula is C22H26N4O3. The maximum Gasteiger partial charge on any atom is 0.251 e. The molecular weight excluding hydrogens is 368 g/mol. The van der Waals surface area contributed by atoms with Gasteiger partial charge in [-0.2, -0.15) is 0 Å². The molecule has 1 aromatic carbocycles. The van der Waals surface area contributed by atoms with Crippen molar-refractivity contribution < 1.29 is 14.3 Å². The zero-order valence-corrected chi connectivity index (χ0v) is 16.8. The van der Waals surface area contributed by atoms with Gasteiger partial charge in [0.15, 0.2) is 0 Å². The molecule has 0 saturated carbocycles. The summed E-state index contributed by atoms with van der Waals surface area (Å²) < 4.78 is 5.85. The summed E-state index contributed by atoms with van der Waals surface area (Å²) in [4.78, 5) is 30.5. The van der Waals surface area contributed by atoms with Gasteiger partial charge in [-0.1, -0.05) is 0 Å². The van der Waals surface area contributed by atoms with Crippen molar-refractivity contribution in [1.29, 1.82) is 0 Å². The summed E-state index contributed by atoms with van der Waals surface area (Å²) in [5.41, 5.74) is 2.09. The first-order chi connectivity index (χ1) is 14.0. The van der Waals surface area contributed by atoms with E-state index in [1.54, 1.807) is 30.6 Å². The lowest BCUT2D eigenvalue weighted by Crippen LogP contribution is -2.57. The topological polar surface area (TPSA) is 83.6 Å². The predicted octanol–water partition coefficient (Wildman–Crippen LogP) is 2.96. The molecule has 29 heavy (non-hydrogen) atoms. The monoisotopic (exact) mass is 394 g/mol. The van der Waals surface area contributed by atoms with Crippen LogP contribution in [0.2, 0.25) is 0 Å².